The van der Waals surface area contributed by atoms with Crippen LogP contribution in [0.5, 0.6) is 0 Å². The molecule has 0 bridgehead atoms. The number of fused-ring (bicyclic) bond motifs is 3. The van der Waals surface area contributed by atoms with Crippen molar-refractivity contribution in [1.29, 1.82) is 0 Å². The molecule has 3 heterocycles. The topological polar surface area (TPSA) is 58.9 Å². The van der Waals surface area contributed by atoms with E-state index in [1.54, 1.807) is 12.4 Å². The Balaban J connectivity index is 1.53. The standard InChI is InChI=1S/C26H16N2O2/c29-26-21-12-19(25-13-18-3-1-2-4-24(18)30-25)7-8-23(21)28-15-22(26)17-5-6-20-14-27-10-9-16(20)11-17/h1-15H,(H,28,29). The molecule has 30 heavy (non-hydrogen) atoms. The molecule has 0 radical (unpaired) electrons. The third-order valence-corrected chi connectivity index (χ3v) is 5.54. The zero-order chi connectivity index (χ0) is 20.1. The van der Waals surface area contributed by atoms with E-state index in [4.69, 9.17) is 4.42 Å². The van der Waals surface area contributed by atoms with Gasteiger partial charge in [0, 0.05) is 51.4 Å². The Hall–Kier alpha value is -4.18. The Kier molecular flexibility index (Phi) is 3.59. The van der Waals surface area contributed by atoms with Gasteiger partial charge in [-0.25, -0.2) is 0 Å². The van der Waals surface area contributed by atoms with Crippen LogP contribution >= 0.6 is 0 Å². The molecule has 0 unspecified atom stereocenters. The zero-order valence-electron chi connectivity index (χ0n) is 15.9. The smallest absolute Gasteiger partial charge is 0.197 e. The maximum Gasteiger partial charge on any atom is 0.197 e. The summed E-state index contributed by atoms with van der Waals surface area (Å²) >= 11 is 0. The number of hydrogen-bond donors (Lipinski definition) is 1. The van der Waals surface area contributed by atoms with E-state index in [0.29, 0.717) is 10.9 Å². The monoisotopic (exact) mass is 388 g/mol. The highest BCUT2D eigenvalue weighted by atomic mass is 16.3. The predicted molar refractivity (Wildman–Crippen MR) is 121 cm³/mol. The van der Waals surface area contributed by atoms with Crippen LogP contribution in [0, 0.1) is 0 Å². The van der Waals surface area contributed by atoms with E-state index in [-0.39, 0.29) is 5.43 Å². The van der Waals surface area contributed by atoms with Crippen LogP contribution in [-0.4, -0.2) is 9.97 Å². The van der Waals surface area contributed by atoms with Gasteiger partial charge in [0.1, 0.15) is 11.3 Å². The van der Waals surface area contributed by atoms with Crippen molar-refractivity contribution in [2.45, 2.75) is 0 Å². The molecule has 0 saturated heterocycles. The van der Waals surface area contributed by atoms with Gasteiger partial charge in [0.2, 0.25) is 0 Å². The van der Waals surface area contributed by atoms with Crippen LogP contribution in [0.3, 0.4) is 0 Å². The van der Waals surface area contributed by atoms with E-state index in [2.05, 4.69) is 9.97 Å². The Bertz CT molecular complexity index is 1590. The predicted octanol–water partition coefficient (Wildman–Crippen LogP) is 6.16. The summed E-state index contributed by atoms with van der Waals surface area (Å²) in [5.74, 6) is 0.751. The number of benzene rings is 3. The highest BCUT2D eigenvalue weighted by Crippen LogP contribution is 2.30. The second-order valence-corrected chi connectivity index (χ2v) is 7.38. The van der Waals surface area contributed by atoms with E-state index in [0.717, 1.165) is 44.1 Å². The zero-order valence-corrected chi connectivity index (χ0v) is 15.9. The number of hydrogen-bond acceptors (Lipinski definition) is 3. The first-order chi connectivity index (χ1) is 14.8. The molecule has 0 aliphatic heterocycles. The fourth-order valence-corrected chi connectivity index (χ4v) is 3.96. The summed E-state index contributed by atoms with van der Waals surface area (Å²) in [5, 5.41) is 3.78. The third kappa shape index (κ3) is 2.62. The molecular formula is C26H16N2O2. The first-order valence-electron chi connectivity index (χ1n) is 9.75. The van der Waals surface area contributed by atoms with Crippen LogP contribution in [0.15, 0.2) is 101 Å². The van der Waals surface area contributed by atoms with Crippen molar-refractivity contribution < 1.29 is 4.42 Å². The van der Waals surface area contributed by atoms with E-state index in [9.17, 15) is 4.79 Å². The Morgan fingerprint density at radius 1 is 0.800 bits per heavy atom. The molecule has 0 spiro atoms. The van der Waals surface area contributed by atoms with Gasteiger partial charge in [-0.05, 0) is 53.4 Å². The van der Waals surface area contributed by atoms with Gasteiger partial charge in [0.15, 0.2) is 5.43 Å². The number of H-pyrrole nitrogens is 1. The van der Waals surface area contributed by atoms with Crippen LogP contribution in [0.2, 0.25) is 0 Å². The normalized spacial score (nSPS) is 11.5. The molecule has 4 heteroatoms. The Labute approximate surface area is 171 Å². The molecule has 142 valence electrons. The molecule has 1 N–H and O–H groups in total. The van der Waals surface area contributed by atoms with Crippen molar-refractivity contribution in [2.75, 3.05) is 0 Å². The number of pyridine rings is 2. The molecule has 0 saturated carbocycles. The summed E-state index contributed by atoms with van der Waals surface area (Å²) in [4.78, 5) is 20.8. The summed E-state index contributed by atoms with van der Waals surface area (Å²) in [6.07, 6.45) is 5.37. The largest absolute Gasteiger partial charge is 0.456 e. The van der Waals surface area contributed by atoms with Crippen molar-refractivity contribution in [3.8, 4) is 22.5 Å². The lowest BCUT2D eigenvalue weighted by molar-refractivity contribution is 0.631. The minimum absolute atomic E-state index is 0.00452. The lowest BCUT2D eigenvalue weighted by atomic mass is 10.0. The molecule has 3 aromatic heterocycles. The minimum Gasteiger partial charge on any atom is -0.456 e. The maximum atomic E-state index is 13.4. The Morgan fingerprint density at radius 3 is 2.63 bits per heavy atom. The number of aromatic nitrogens is 2. The molecule has 3 aromatic carbocycles. The summed E-state index contributed by atoms with van der Waals surface area (Å²) < 4.78 is 5.99. The van der Waals surface area contributed by atoms with E-state index in [1.165, 1.54) is 0 Å². The van der Waals surface area contributed by atoms with Gasteiger partial charge in [-0.2, -0.15) is 0 Å². The lowest BCUT2D eigenvalue weighted by Crippen LogP contribution is -2.06. The van der Waals surface area contributed by atoms with E-state index < -0.39 is 0 Å². The van der Waals surface area contributed by atoms with Crippen molar-refractivity contribution >= 4 is 32.6 Å². The molecule has 6 rings (SSSR count). The first-order valence-corrected chi connectivity index (χ1v) is 9.75. The van der Waals surface area contributed by atoms with Crippen LogP contribution in [-0.2, 0) is 0 Å². The second kappa shape index (κ2) is 6.42. The summed E-state index contributed by atoms with van der Waals surface area (Å²) in [6, 6.07) is 23.6. The number of nitrogens with one attached hydrogen (secondary N) is 1. The molecule has 0 amide bonds. The number of aromatic amines is 1. The fraction of sp³-hybridized carbons (Fsp3) is 0. The SMILES string of the molecule is O=c1c(-c2ccc3cnccc3c2)c[nH]c2ccc(-c3cc4ccccc4o3)cc12. The third-order valence-electron chi connectivity index (χ3n) is 5.54. The van der Waals surface area contributed by atoms with Crippen LogP contribution in [0.1, 0.15) is 0 Å². The Morgan fingerprint density at radius 2 is 1.70 bits per heavy atom. The molecule has 0 aliphatic rings. The van der Waals surface area contributed by atoms with E-state index in [1.807, 2.05) is 79.0 Å². The fourth-order valence-electron chi connectivity index (χ4n) is 3.96. The van der Waals surface area contributed by atoms with Gasteiger partial charge < -0.3 is 9.40 Å². The molecule has 0 atom stereocenters. The van der Waals surface area contributed by atoms with Crippen LogP contribution < -0.4 is 5.43 Å². The molecule has 0 aliphatic carbocycles. The van der Waals surface area contributed by atoms with Crippen molar-refractivity contribution in [3.05, 3.63) is 102 Å². The van der Waals surface area contributed by atoms with Gasteiger partial charge in [0.05, 0.1) is 0 Å². The number of para-hydroxylation sites is 1. The average Bonchev–Trinajstić information content (AvgIpc) is 3.23. The molecule has 0 fully saturated rings. The van der Waals surface area contributed by atoms with Crippen molar-refractivity contribution in [3.63, 3.8) is 0 Å². The highest BCUT2D eigenvalue weighted by molar-refractivity contribution is 5.91. The summed E-state index contributed by atoms with van der Waals surface area (Å²) in [7, 11) is 0. The van der Waals surface area contributed by atoms with Gasteiger partial charge >= 0.3 is 0 Å². The number of rotatable bonds is 2. The van der Waals surface area contributed by atoms with Gasteiger partial charge in [-0.15, -0.1) is 0 Å². The van der Waals surface area contributed by atoms with Crippen molar-refractivity contribution in [2.24, 2.45) is 0 Å². The molecular weight excluding hydrogens is 372 g/mol. The number of nitrogens with zero attached hydrogens (tertiary/aromatic N) is 1. The maximum absolute atomic E-state index is 13.4. The summed E-state index contributed by atoms with van der Waals surface area (Å²) in [5.41, 5.74) is 4.03. The summed E-state index contributed by atoms with van der Waals surface area (Å²) in [6.45, 7) is 0. The van der Waals surface area contributed by atoms with Gasteiger partial charge in [-0.1, -0.05) is 30.3 Å². The number of furan rings is 1. The van der Waals surface area contributed by atoms with Crippen LogP contribution in [0.25, 0.3) is 55.1 Å². The van der Waals surface area contributed by atoms with Crippen molar-refractivity contribution in [1.82, 2.24) is 9.97 Å². The highest BCUT2D eigenvalue weighted by Gasteiger charge is 2.11. The van der Waals surface area contributed by atoms with Gasteiger partial charge in [-0.3, -0.25) is 9.78 Å². The molecule has 6 aromatic rings. The molecule has 4 nitrogen and oxygen atoms in total. The average molecular weight is 388 g/mol. The van der Waals surface area contributed by atoms with Crippen LogP contribution in [0.4, 0.5) is 0 Å². The minimum atomic E-state index is -0.00452. The lowest BCUT2D eigenvalue weighted by Gasteiger charge is -2.06. The quantitative estimate of drug-likeness (QED) is 0.387. The van der Waals surface area contributed by atoms with E-state index >= 15 is 0 Å². The first kappa shape index (κ1) is 16.7. The van der Waals surface area contributed by atoms with Gasteiger partial charge in [0.25, 0.3) is 0 Å². The second-order valence-electron chi connectivity index (χ2n) is 7.38.